The monoisotopic (exact) mass is 285 g/mol. The standard InChI is InChI=1S/C13H23N3O4/c1-3-16(8-11(17)14-2)13(20)15-10-6-4-9(5-7-10)12(18)19/h9-10H,3-8H2,1-2H3,(H,14,17)(H,15,20)(H,18,19). The zero-order valence-electron chi connectivity index (χ0n) is 12.0. The summed E-state index contributed by atoms with van der Waals surface area (Å²) >= 11 is 0. The van der Waals surface area contributed by atoms with Crippen LogP contribution in [0.4, 0.5) is 4.79 Å². The summed E-state index contributed by atoms with van der Waals surface area (Å²) in [6.45, 7) is 2.29. The van der Waals surface area contributed by atoms with Crippen molar-refractivity contribution >= 4 is 17.9 Å². The Labute approximate surface area is 118 Å². The lowest BCUT2D eigenvalue weighted by atomic mass is 9.86. The molecule has 0 atom stereocenters. The molecule has 7 heteroatoms. The molecule has 0 heterocycles. The van der Waals surface area contributed by atoms with E-state index in [0.29, 0.717) is 32.2 Å². The molecular formula is C13H23N3O4. The summed E-state index contributed by atoms with van der Waals surface area (Å²) in [5.74, 6) is -1.27. The number of carbonyl (C=O) groups is 3. The highest BCUT2D eigenvalue weighted by molar-refractivity contribution is 5.83. The Morgan fingerprint density at radius 3 is 2.25 bits per heavy atom. The van der Waals surface area contributed by atoms with Gasteiger partial charge in [0, 0.05) is 19.6 Å². The minimum absolute atomic E-state index is 0.00293. The highest BCUT2D eigenvalue weighted by atomic mass is 16.4. The van der Waals surface area contributed by atoms with Crippen molar-refractivity contribution in [1.82, 2.24) is 15.5 Å². The van der Waals surface area contributed by atoms with Crippen molar-refractivity contribution in [1.29, 1.82) is 0 Å². The van der Waals surface area contributed by atoms with Crippen LogP contribution in [0.1, 0.15) is 32.6 Å². The lowest BCUT2D eigenvalue weighted by Crippen LogP contribution is -2.49. The van der Waals surface area contributed by atoms with Gasteiger partial charge in [-0.25, -0.2) is 4.79 Å². The number of carboxylic acid groups (broad SMARTS) is 1. The first-order valence-electron chi connectivity index (χ1n) is 6.96. The van der Waals surface area contributed by atoms with Crippen LogP contribution < -0.4 is 10.6 Å². The fourth-order valence-corrected chi connectivity index (χ4v) is 2.33. The van der Waals surface area contributed by atoms with E-state index >= 15 is 0 Å². The van der Waals surface area contributed by atoms with E-state index in [2.05, 4.69) is 10.6 Å². The first-order valence-corrected chi connectivity index (χ1v) is 6.96. The molecule has 1 saturated carbocycles. The summed E-state index contributed by atoms with van der Waals surface area (Å²) in [5, 5.41) is 14.3. The van der Waals surface area contributed by atoms with Crippen molar-refractivity contribution in [2.75, 3.05) is 20.1 Å². The number of nitrogens with zero attached hydrogens (tertiary/aromatic N) is 1. The Bertz CT molecular complexity index is 365. The van der Waals surface area contributed by atoms with Crippen LogP contribution in [0.3, 0.4) is 0 Å². The second kappa shape index (κ2) is 7.72. The topological polar surface area (TPSA) is 98.7 Å². The Balaban J connectivity index is 2.41. The maximum Gasteiger partial charge on any atom is 0.318 e. The fraction of sp³-hybridized carbons (Fsp3) is 0.769. The number of likely N-dealkylation sites (N-methyl/N-ethyl adjacent to an activating group) is 2. The molecule has 0 saturated heterocycles. The number of urea groups is 1. The Morgan fingerprint density at radius 2 is 1.80 bits per heavy atom. The van der Waals surface area contributed by atoms with E-state index in [4.69, 9.17) is 5.11 Å². The molecule has 0 aromatic heterocycles. The molecule has 7 nitrogen and oxygen atoms in total. The summed E-state index contributed by atoms with van der Waals surface area (Å²) in [4.78, 5) is 35.6. The fourth-order valence-electron chi connectivity index (χ4n) is 2.33. The van der Waals surface area contributed by atoms with Crippen LogP contribution in [0.25, 0.3) is 0 Å². The van der Waals surface area contributed by atoms with E-state index in [1.165, 1.54) is 11.9 Å². The molecule has 3 N–H and O–H groups in total. The smallest absolute Gasteiger partial charge is 0.318 e. The molecule has 20 heavy (non-hydrogen) atoms. The average molecular weight is 285 g/mol. The maximum absolute atomic E-state index is 12.0. The van der Waals surface area contributed by atoms with Gasteiger partial charge in [-0.15, -0.1) is 0 Å². The molecular weight excluding hydrogens is 262 g/mol. The van der Waals surface area contributed by atoms with Crippen molar-refractivity contribution in [3.05, 3.63) is 0 Å². The minimum Gasteiger partial charge on any atom is -0.481 e. The van der Waals surface area contributed by atoms with Gasteiger partial charge in [0.15, 0.2) is 0 Å². The average Bonchev–Trinajstić information content (AvgIpc) is 2.44. The number of hydrogen-bond acceptors (Lipinski definition) is 3. The van der Waals surface area contributed by atoms with Gasteiger partial charge in [0.05, 0.1) is 5.92 Å². The van der Waals surface area contributed by atoms with Gasteiger partial charge in [-0.05, 0) is 32.6 Å². The van der Waals surface area contributed by atoms with Crippen LogP contribution in [0.2, 0.25) is 0 Å². The predicted octanol–water partition coefficient (Wildman–Crippen LogP) is 0.407. The number of carboxylic acids is 1. The van der Waals surface area contributed by atoms with Crippen molar-refractivity contribution in [3.8, 4) is 0 Å². The Kier molecular flexibility index (Phi) is 6.27. The molecule has 0 spiro atoms. The van der Waals surface area contributed by atoms with Crippen LogP contribution in [0.5, 0.6) is 0 Å². The number of aliphatic carboxylic acids is 1. The molecule has 0 radical (unpaired) electrons. The van der Waals surface area contributed by atoms with Crippen LogP contribution >= 0.6 is 0 Å². The van der Waals surface area contributed by atoms with Gasteiger partial charge < -0.3 is 20.6 Å². The zero-order valence-corrected chi connectivity index (χ0v) is 12.0. The number of carbonyl (C=O) groups excluding carboxylic acids is 2. The summed E-state index contributed by atoms with van der Waals surface area (Å²) in [6.07, 6.45) is 2.50. The SMILES string of the molecule is CCN(CC(=O)NC)C(=O)NC1CCC(C(=O)O)CC1. The van der Waals surface area contributed by atoms with Gasteiger partial charge in [0.25, 0.3) is 0 Å². The summed E-state index contributed by atoms with van der Waals surface area (Å²) in [5.41, 5.74) is 0. The van der Waals surface area contributed by atoms with Crippen LogP contribution in [0.15, 0.2) is 0 Å². The molecule has 114 valence electrons. The van der Waals surface area contributed by atoms with Crippen molar-refractivity contribution < 1.29 is 19.5 Å². The van der Waals surface area contributed by atoms with E-state index in [9.17, 15) is 14.4 Å². The highest BCUT2D eigenvalue weighted by Crippen LogP contribution is 2.24. The van der Waals surface area contributed by atoms with E-state index in [0.717, 1.165) is 0 Å². The summed E-state index contributed by atoms with van der Waals surface area (Å²) in [7, 11) is 1.53. The van der Waals surface area contributed by atoms with Gasteiger partial charge in [-0.1, -0.05) is 0 Å². The minimum atomic E-state index is -0.760. The Hall–Kier alpha value is -1.79. The summed E-state index contributed by atoms with van der Waals surface area (Å²) in [6, 6.07) is -0.272. The first-order chi connectivity index (χ1) is 9.47. The third-order valence-corrected chi connectivity index (χ3v) is 3.69. The van der Waals surface area contributed by atoms with E-state index in [1.54, 1.807) is 0 Å². The molecule has 0 unspecified atom stereocenters. The first kappa shape index (κ1) is 16.3. The molecule has 0 aliphatic heterocycles. The molecule has 3 amide bonds. The lowest BCUT2D eigenvalue weighted by Gasteiger charge is -2.29. The summed E-state index contributed by atoms with van der Waals surface area (Å²) < 4.78 is 0. The predicted molar refractivity (Wildman–Crippen MR) is 73.2 cm³/mol. The van der Waals surface area contributed by atoms with Crippen LogP contribution in [0, 0.1) is 5.92 Å². The largest absolute Gasteiger partial charge is 0.481 e. The van der Waals surface area contributed by atoms with E-state index < -0.39 is 5.97 Å². The van der Waals surface area contributed by atoms with Gasteiger partial charge >= 0.3 is 12.0 Å². The number of hydrogen-bond donors (Lipinski definition) is 3. The van der Waals surface area contributed by atoms with Crippen LogP contribution in [-0.4, -0.2) is 54.1 Å². The molecule has 1 aliphatic rings. The second-order valence-electron chi connectivity index (χ2n) is 5.02. The van der Waals surface area contributed by atoms with Gasteiger partial charge in [0.2, 0.25) is 5.91 Å². The lowest BCUT2D eigenvalue weighted by molar-refractivity contribution is -0.142. The normalized spacial score (nSPS) is 21.9. The molecule has 1 aliphatic carbocycles. The highest BCUT2D eigenvalue weighted by Gasteiger charge is 2.27. The van der Waals surface area contributed by atoms with E-state index in [-0.39, 0.29) is 30.4 Å². The third kappa shape index (κ3) is 4.71. The van der Waals surface area contributed by atoms with Gasteiger partial charge in [-0.3, -0.25) is 9.59 Å². The van der Waals surface area contributed by atoms with Gasteiger partial charge in [-0.2, -0.15) is 0 Å². The quantitative estimate of drug-likeness (QED) is 0.681. The van der Waals surface area contributed by atoms with Crippen molar-refractivity contribution in [2.45, 2.75) is 38.6 Å². The molecule has 1 rings (SSSR count). The molecule has 0 aromatic rings. The molecule has 0 bridgehead atoms. The van der Waals surface area contributed by atoms with E-state index in [1.807, 2.05) is 6.92 Å². The molecule has 0 aromatic carbocycles. The van der Waals surface area contributed by atoms with Gasteiger partial charge in [0.1, 0.15) is 6.54 Å². The van der Waals surface area contributed by atoms with Crippen molar-refractivity contribution in [2.24, 2.45) is 5.92 Å². The second-order valence-corrected chi connectivity index (χ2v) is 5.02. The third-order valence-electron chi connectivity index (χ3n) is 3.69. The number of nitrogens with one attached hydrogen (secondary N) is 2. The van der Waals surface area contributed by atoms with Crippen LogP contribution in [-0.2, 0) is 9.59 Å². The number of amides is 3. The maximum atomic E-state index is 12.0. The zero-order chi connectivity index (χ0) is 15.1. The Morgan fingerprint density at radius 1 is 1.20 bits per heavy atom. The molecule has 1 fully saturated rings. The van der Waals surface area contributed by atoms with Crippen molar-refractivity contribution in [3.63, 3.8) is 0 Å². The number of rotatable bonds is 5.